The average molecular weight is 901 g/mol. The van der Waals surface area contributed by atoms with Crippen LogP contribution in [0, 0.1) is 0 Å². The maximum absolute atomic E-state index is 12.4. The molecule has 0 aliphatic carbocycles. The third kappa shape index (κ3) is 49.5. The highest BCUT2D eigenvalue weighted by Crippen LogP contribution is 2.15. The number of hydrogen-bond donors (Lipinski definition) is 3. The summed E-state index contributed by atoms with van der Waals surface area (Å²) in [4.78, 5) is 24.4. The number of allylic oxidation sites excluding steroid dienone is 5. The van der Waals surface area contributed by atoms with Gasteiger partial charge in [0.05, 0.1) is 25.4 Å². The average Bonchev–Trinajstić information content (AvgIpc) is 3.29. The van der Waals surface area contributed by atoms with Crippen LogP contribution in [0.15, 0.2) is 36.5 Å². The molecule has 0 aromatic heterocycles. The fourth-order valence-electron chi connectivity index (χ4n) is 8.50. The first-order valence-electron chi connectivity index (χ1n) is 28.3. The molecule has 1 amide bonds. The first-order chi connectivity index (χ1) is 31.5. The van der Waals surface area contributed by atoms with Gasteiger partial charge in [0.2, 0.25) is 5.91 Å². The van der Waals surface area contributed by atoms with Crippen LogP contribution in [0.25, 0.3) is 0 Å². The van der Waals surface area contributed by atoms with Crippen molar-refractivity contribution in [3.63, 3.8) is 0 Å². The number of carbonyl (C=O) groups excluding carboxylic acids is 2. The predicted octanol–water partition coefficient (Wildman–Crippen LogP) is 17.2. The van der Waals surface area contributed by atoms with Crippen molar-refractivity contribution < 1.29 is 24.5 Å². The minimum atomic E-state index is -0.848. The van der Waals surface area contributed by atoms with E-state index in [1.165, 1.54) is 218 Å². The van der Waals surface area contributed by atoms with E-state index in [0.29, 0.717) is 19.4 Å². The van der Waals surface area contributed by atoms with Crippen molar-refractivity contribution in [2.24, 2.45) is 0 Å². The lowest BCUT2D eigenvalue weighted by Gasteiger charge is -2.20. The van der Waals surface area contributed by atoms with Gasteiger partial charge in [0.25, 0.3) is 0 Å². The number of aliphatic hydroxyl groups excluding tert-OH is 2. The molecule has 0 rings (SSSR count). The predicted molar refractivity (Wildman–Crippen MR) is 278 cm³/mol. The van der Waals surface area contributed by atoms with Crippen LogP contribution in [-0.2, 0) is 14.3 Å². The topological polar surface area (TPSA) is 95.9 Å². The Morgan fingerprint density at radius 1 is 0.422 bits per heavy atom. The lowest BCUT2D eigenvalue weighted by molar-refractivity contribution is -0.143. The zero-order chi connectivity index (χ0) is 46.5. The molecule has 0 radical (unpaired) electrons. The Balaban J connectivity index is 3.41. The van der Waals surface area contributed by atoms with Crippen molar-refractivity contribution in [1.82, 2.24) is 5.32 Å². The molecule has 0 fully saturated rings. The van der Waals surface area contributed by atoms with Gasteiger partial charge < -0.3 is 20.3 Å². The van der Waals surface area contributed by atoms with E-state index in [0.717, 1.165) is 51.4 Å². The molecular weight excluding hydrogens is 791 g/mol. The monoisotopic (exact) mass is 900 g/mol. The van der Waals surface area contributed by atoms with Gasteiger partial charge >= 0.3 is 5.97 Å². The van der Waals surface area contributed by atoms with E-state index in [-0.39, 0.29) is 18.5 Å². The van der Waals surface area contributed by atoms with Crippen molar-refractivity contribution in [3.05, 3.63) is 36.5 Å². The molecule has 64 heavy (non-hydrogen) atoms. The Kier molecular flexibility index (Phi) is 52.1. The van der Waals surface area contributed by atoms with Crippen molar-refractivity contribution in [3.8, 4) is 0 Å². The minimum absolute atomic E-state index is 0.00217. The summed E-state index contributed by atoms with van der Waals surface area (Å²) in [6.07, 6.45) is 66.0. The van der Waals surface area contributed by atoms with Gasteiger partial charge in [-0.1, -0.05) is 237 Å². The SMILES string of the molecule is CCCCCCCC/C=C\CCCCCCCCCCCC(=O)OCCCCCCCCCC/C=C\CCCCCCCCCC(=O)NC(CO)C(O)/C=C/CCCCCCCCC. The maximum atomic E-state index is 12.4. The highest BCUT2D eigenvalue weighted by Gasteiger charge is 2.18. The Labute approximate surface area is 398 Å². The van der Waals surface area contributed by atoms with Crippen LogP contribution >= 0.6 is 0 Å². The normalized spacial score (nSPS) is 12.9. The van der Waals surface area contributed by atoms with Crippen LogP contribution in [0.1, 0.15) is 296 Å². The largest absolute Gasteiger partial charge is 0.466 e. The summed E-state index contributed by atoms with van der Waals surface area (Å²) in [6, 6.07) is -0.633. The summed E-state index contributed by atoms with van der Waals surface area (Å²) >= 11 is 0. The van der Waals surface area contributed by atoms with E-state index < -0.39 is 12.1 Å². The van der Waals surface area contributed by atoms with Gasteiger partial charge in [-0.2, -0.15) is 0 Å². The molecule has 6 heteroatoms. The van der Waals surface area contributed by atoms with E-state index in [1.807, 2.05) is 6.08 Å². The number of hydrogen-bond acceptors (Lipinski definition) is 5. The molecular formula is C58H109NO5. The number of amides is 1. The van der Waals surface area contributed by atoms with Gasteiger partial charge in [-0.3, -0.25) is 9.59 Å². The van der Waals surface area contributed by atoms with Crippen LogP contribution in [0.2, 0.25) is 0 Å². The van der Waals surface area contributed by atoms with Crippen LogP contribution in [0.5, 0.6) is 0 Å². The lowest BCUT2D eigenvalue weighted by atomic mass is 10.1. The van der Waals surface area contributed by atoms with Gasteiger partial charge in [0.1, 0.15) is 0 Å². The number of unbranched alkanes of at least 4 members (excludes halogenated alkanes) is 37. The Morgan fingerprint density at radius 3 is 1.11 bits per heavy atom. The number of rotatable bonds is 52. The van der Waals surface area contributed by atoms with E-state index in [2.05, 4.69) is 43.5 Å². The molecule has 0 aromatic rings. The molecule has 2 unspecified atom stereocenters. The molecule has 0 aromatic carbocycles. The van der Waals surface area contributed by atoms with Gasteiger partial charge in [-0.15, -0.1) is 0 Å². The molecule has 0 saturated heterocycles. The molecule has 0 heterocycles. The Morgan fingerprint density at radius 2 is 0.734 bits per heavy atom. The fraction of sp³-hybridized carbons (Fsp3) is 0.862. The minimum Gasteiger partial charge on any atom is -0.466 e. The van der Waals surface area contributed by atoms with Crippen LogP contribution in [0.4, 0.5) is 0 Å². The van der Waals surface area contributed by atoms with Gasteiger partial charge in [-0.05, 0) is 83.5 Å². The van der Waals surface area contributed by atoms with Crippen molar-refractivity contribution in [2.45, 2.75) is 309 Å². The quantitative estimate of drug-likeness (QED) is 0.0321. The molecule has 3 N–H and O–H groups in total. The molecule has 6 nitrogen and oxygen atoms in total. The number of nitrogens with one attached hydrogen (secondary N) is 1. The highest BCUT2D eigenvalue weighted by atomic mass is 16.5. The molecule has 2 atom stereocenters. The molecule has 0 saturated carbocycles. The second kappa shape index (κ2) is 53.7. The smallest absolute Gasteiger partial charge is 0.305 e. The second-order valence-electron chi connectivity index (χ2n) is 19.3. The van der Waals surface area contributed by atoms with Crippen LogP contribution in [0.3, 0.4) is 0 Å². The van der Waals surface area contributed by atoms with Gasteiger partial charge in [0, 0.05) is 12.8 Å². The van der Waals surface area contributed by atoms with E-state index in [9.17, 15) is 19.8 Å². The number of ether oxygens (including phenoxy) is 1. The lowest BCUT2D eigenvalue weighted by Crippen LogP contribution is -2.45. The number of aliphatic hydroxyl groups is 2. The summed E-state index contributed by atoms with van der Waals surface area (Å²) in [5, 5.41) is 22.9. The summed E-state index contributed by atoms with van der Waals surface area (Å²) in [6.45, 7) is 4.86. The summed E-state index contributed by atoms with van der Waals surface area (Å²) in [7, 11) is 0. The summed E-state index contributed by atoms with van der Waals surface area (Å²) < 4.78 is 5.49. The molecule has 376 valence electrons. The van der Waals surface area contributed by atoms with Crippen LogP contribution < -0.4 is 5.32 Å². The zero-order valence-corrected chi connectivity index (χ0v) is 42.8. The molecule has 0 bridgehead atoms. The summed E-state index contributed by atoms with van der Waals surface area (Å²) in [5.74, 6) is -0.0786. The number of carbonyl (C=O) groups is 2. The molecule has 0 spiro atoms. The Hall–Kier alpha value is -1.92. The van der Waals surface area contributed by atoms with Crippen molar-refractivity contribution >= 4 is 11.9 Å². The summed E-state index contributed by atoms with van der Waals surface area (Å²) in [5.41, 5.74) is 0. The zero-order valence-electron chi connectivity index (χ0n) is 42.8. The van der Waals surface area contributed by atoms with E-state index >= 15 is 0 Å². The first kappa shape index (κ1) is 62.1. The molecule has 0 aliphatic rings. The third-order valence-electron chi connectivity index (χ3n) is 12.9. The van der Waals surface area contributed by atoms with E-state index in [4.69, 9.17) is 4.74 Å². The first-order valence-corrected chi connectivity index (χ1v) is 28.3. The highest BCUT2D eigenvalue weighted by molar-refractivity contribution is 5.76. The standard InChI is InChI=1S/C58H109NO5/c1-3-5-7-9-11-13-14-15-16-17-19-23-26-29-32-36-40-44-48-52-58(63)64-53-49-45-41-37-33-30-27-24-21-18-20-22-25-28-31-35-39-43-47-51-57(62)59-55(54-60)56(61)50-46-42-38-34-12-10-8-6-4-2/h15-16,18,20,46,50,55-56,60-61H,3-14,17,19,21-45,47-49,51-54H2,1-2H3,(H,59,62)/b16-15-,20-18-,50-46+. The number of esters is 1. The fourth-order valence-corrected chi connectivity index (χ4v) is 8.50. The van der Waals surface area contributed by atoms with Crippen LogP contribution in [-0.4, -0.2) is 47.4 Å². The molecule has 0 aliphatic heterocycles. The van der Waals surface area contributed by atoms with E-state index in [1.54, 1.807) is 6.08 Å². The second-order valence-corrected chi connectivity index (χ2v) is 19.3. The Bertz CT molecular complexity index is 1040. The van der Waals surface area contributed by atoms with Gasteiger partial charge in [-0.25, -0.2) is 0 Å². The maximum Gasteiger partial charge on any atom is 0.305 e. The van der Waals surface area contributed by atoms with Gasteiger partial charge in [0.15, 0.2) is 0 Å². The third-order valence-corrected chi connectivity index (χ3v) is 12.9. The van der Waals surface area contributed by atoms with Crippen molar-refractivity contribution in [1.29, 1.82) is 0 Å². The van der Waals surface area contributed by atoms with Crippen molar-refractivity contribution in [2.75, 3.05) is 13.2 Å².